The van der Waals surface area contributed by atoms with E-state index in [1.165, 1.54) is 6.08 Å². The Kier molecular flexibility index (Phi) is 2.98. The van der Waals surface area contributed by atoms with Crippen molar-refractivity contribution in [3.63, 3.8) is 0 Å². The quantitative estimate of drug-likeness (QED) is 0.644. The fraction of sp³-hybridized carbons (Fsp3) is 0.0476. The summed E-state index contributed by atoms with van der Waals surface area (Å²) in [5.41, 5.74) is 3.55. The lowest BCUT2D eigenvalue weighted by Crippen LogP contribution is -2.16. The van der Waals surface area contributed by atoms with Gasteiger partial charge in [0, 0.05) is 16.7 Å². The lowest BCUT2D eigenvalue weighted by molar-refractivity contribution is 0.0986. The number of carbonyl (C=O) groups is 2. The molecular formula is C21H14O2. The van der Waals surface area contributed by atoms with Crippen LogP contribution < -0.4 is 0 Å². The van der Waals surface area contributed by atoms with E-state index in [0.29, 0.717) is 16.7 Å². The molecule has 2 nitrogen and oxygen atoms in total. The molecular weight excluding hydrogens is 284 g/mol. The molecule has 0 aliphatic heterocycles. The molecule has 0 saturated heterocycles. The molecule has 3 aromatic rings. The Balaban J connectivity index is 2.14. The number of allylic oxidation sites excluding steroid dienone is 2. The molecule has 0 spiro atoms. The first-order valence-corrected chi connectivity index (χ1v) is 7.55. The number of benzene rings is 3. The summed E-state index contributed by atoms with van der Waals surface area (Å²) in [6.45, 7) is 1.70. The number of fused-ring (bicyclic) bond motifs is 3. The summed E-state index contributed by atoms with van der Waals surface area (Å²) in [5.74, 6) is -0.157. The van der Waals surface area contributed by atoms with Crippen molar-refractivity contribution in [3.05, 3.63) is 83.4 Å². The predicted octanol–water partition coefficient (Wildman–Crippen LogP) is 4.83. The summed E-state index contributed by atoms with van der Waals surface area (Å²) in [7, 11) is 0. The monoisotopic (exact) mass is 298 g/mol. The molecule has 0 fully saturated rings. The van der Waals surface area contributed by atoms with Crippen LogP contribution in [-0.2, 0) is 0 Å². The zero-order valence-corrected chi connectivity index (χ0v) is 12.7. The molecule has 3 aromatic carbocycles. The topological polar surface area (TPSA) is 34.1 Å². The van der Waals surface area contributed by atoms with Gasteiger partial charge in [-0.05, 0) is 41.0 Å². The number of hydrogen-bond donors (Lipinski definition) is 0. The van der Waals surface area contributed by atoms with Gasteiger partial charge in [-0.1, -0.05) is 54.6 Å². The van der Waals surface area contributed by atoms with Gasteiger partial charge < -0.3 is 0 Å². The molecule has 0 N–H and O–H groups in total. The highest BCUT2D eigenvalue weighted by atomic mass is 16.1. The normalized spacial score (nSPS) is 13.9. The van der Waals surface area contributed by atoms with Crippen molar-refractivity contribution in [2.24, 2.45) is 0 Å². The van der Waals surface area contributed by atoms with Crippen LogP contribution in [0.4, 0.5) is 0 Å². The van der Waals surface area contributed by atoms with Crippen molar-refractivity contribution in [2.45, 2.75) is 6.92 Å². The molecule has 0 aromatic heterocycles. The lowest BCUT2D eigenvalue weighted by atomic mass is 9.83. The average Bonchev–Trinajstić information content (AvgIpc) is 2.59. The molecule has 0 unspecified atom stereocenters. The van der Waals surface area contributed by atoms with Gasteiger partial charge in [-0.2, -0.15) is 0 Å². The van der Waals surface area contributed by atoms with Gasteiger partial charge in [-0.15, -0.1) is 0 Å². The fourth-order valence-electron chi connectivity index (χ4n) is 3.21. The second-order valence-corrected chi connectivity index (χ2v) is 5.78. The molecule has 110 valence electrons. The van der Waals surface area contributed by atoms with E-state index in [9.17, 15) is 9.59 Å². The van der Waals surface area contributed by atoms with Gasteiger partial charge in [0.25, 0.3) is 0 Å². The van der Waals surface area contributed by atoms with E-state index in [-0.39, 0.29) is 11.6 Å². The van der Waals surface area contributed by atoms with Crippen molar-refractivity contribution >= 4 is 22.3 Å². The molecule has 4 rings (SSSR count). The SMILES string of the molecule is CC1=CC(=O)c2cc(-c3ccccc3)c3ccccc3c2C1=O. The van der Waals surface area contributed by atoms with Crippen molar-refractivity contribution in [3.8, 4) is 11.1 Å². The van der Waals surface area contributed by atoms with E-state index in [1.54, 1.807) is 6.92 Å². The van der Waals surface area contributed by atoms with Crippen LogP contribution in [0.3, 0.4) is 0 Å². The van der Waals surface area contributed by atoms with Crippen LogP contribution in [0.1, 0.15) is 27.6 Å². The van der Waals surface area contributed by atoms with E-state index >= 15 is 0 Å². The molecule has 0 saturated carbocycles. The van der Waals surface area contributed by atoms with E-state index < -0.39 is 0 Å². The third-order valence-corrected chi connectivity index (χ3v) is 4.33. The summed E-state index contributed by atoms with van der Waals surface area (Å²) in [4.78, 5) is 25.0. The Morgan fingerprint density at radius 3 is 2.13 bits per heavy atom. The van der Waals surface area contributed by atoms with E-state index in [2.05, 4.69) is 0 Å². The minimum absolute atomic E-state index is 0.0598. The van der Waals surface area contributed by atoms with E-state index in [4.69, 9.17) is 0 Å². The largest absolute Gasteiger partial charge is 0.289 e. The van der Waals surface area contributed by atoms with Crippen LogP contribution in [-0.4, -0.2) is 11.6 Å². The molecule has 1 aliphatic rings. The Morgan fingerprint density at radius 2 is 1.39 bits per heavy atom. The maximum Gasteiger partial charge on any atom is 0.190 e. The molecule has 0 bridgehead atoms. The third-order valence-electron chi connectivity index (χ3n) is 4.33. The fourth-order valence-corrected chi connectivity index (χ4v) is 3.21. The van der Waals surface area contributed by atoms with Crippen molar-refractivity contribution < 1.29 is 9.59 Å². The average molecular weight is 298 g/mol. The maximum atomic E-state index is 12.6. The van der Waals surface area contributed by atoms with Crippen molar-refractivity contribution in [2.75, 3.05) is 0 Å². The molecule has 1 aliphatic carbocycles. The Hall–Kier alpha value is -3.00. The van der Waals surface area contributed by atoms with Crippen LogP contribution in [0.25, 0.3) is 21.9 Å². The lowest BCUT2D eigenvalue weighted by Gasteiger charge is -2.18. The Bertz CT molecular complexity index is 995. The number of carbonyl (C=O) groups excluding carboxylic acids is 2. The summed E-state index contributed by atoms with van der Waals surface area (Å²) in [5, 5.41) is 1.84. The highest BCUT2D eigenvalue weighted by Crippen LogP contribution is 2.36. The standard InChI is InChI=1S/C21H14O2/c1-13-11-19(22)18-12-17(14-7-3-2-4-8-14)15-9-5-6-10-16(15)20(18)21(13)23/h2-12H,1H3. The minimum Gasteiger partial charge on any atom is -0.289 e. The molecule has 0 amide bonds. The Morgan fingerprint density at radius 1 is 0.739 bits per heavy atom. The number of hydrogen-bond acceptors (Lipinski definition) is 2. The first-order chi connectivity index (χ1) is 11.2. The maximum absolute atomic E-state index is 12.6. The zero-order chi connectivity index (χ0) is 16.0. The molecule has 2 heteroatoms. The van der Waals surface area contributed by atoms with Crippen molar-refractivity contribution in [1.29, 1.82) is 0 Å². The highest BCUT2D eigenvalue weighted by molar-refractivity contribution is 6.30. The minimum atomic E-state index is -0.0972. The number of ketones is 2. The smallest absolute Gasteiger partial charge is 0.190 e. The molecule has 23 heavy (non-hydrogen) atoms. The van der Waals surface area contributed by atoms with Gasteiger partial charge >= 0.3 is 0 Å². The van der Waals surface area contributed by atoms with Gasteiger partial charge in [0.15, 0.2) is 11.6 Å². The highest BCUT2D eigenvalue weighted by Gasteiger charge is 2.26. The van der Waals surface area contributed by atoms with Gasteiger partial charge in [0.1, 0.15) is 0 Å². The molecule has 0 radical (unpaired) electrons. The molecule has 0 heterocycles. The number of Topliss-reactive ketones (excluding diaryl/α,β-unsaturated/α-hetero) is 1. The van der Waals surface area contributed by atoms with Gasteiger partial charge in [-0.3, -0.25) is 9.59 Å². The predicted molar refractivity (Wildman–Crippen MR) is 91.8 cm³/mol. The second kappa shape index (κ2) is 5.03. The van der Waals surface area contributed by atoms with Crippen LogP contribution in [0.5, 0.6) is 0 Å². The zero-order valence-electron chi connectivity index (χ0n) is 12.7. The van der Waals surface area contributed by atoms with Crippen LogP contribution >= 0.6 is 0 Å². The van der Waals surface area contributed by atoms with E-state index in [0.717, 1.165) is 21.9 Å². The van der Waals surface area contributed by atoms with Gasteiger partial charge in [0.05, 0.1) is 0 Å². The van der Waals surface area contributed by atoms with Crippen LogP contribution in [0.15, 0.2) is 72.3 Å². The third kappa shape index (κ3) is 2.03. The first-order valence-electron chi connectivity index (χ1n) is 7.55. The van der Waals surface area contributed by atoms with Crippen LogP contribution in [0.2, 0.25) is 0 Å². The second-order valence-electron chi connectivity index (χ2n) is 5.78. The van der Waals surface area contributed by atoms with Gasteiger partial charge in [-0.25, -0.2) is 0 Å². The van der Waals surface area contributed by atoms with Crippen molar-refractivity contribution in [1.82, 2.24) is 0 Å². The number of rotatable bonds is 1. The summed E-state index contributed by atoms with van der Waals surface area (Å²) >= 11 is 0. The van der Waals surface area contributed by atoms with Crippen LogP contribution in [0, 0.1) is 0 Å². The summed E-state index contributed by atoms with van der Waals surface area (Å²) in [6.07, 6.45) is 1.44. The van der Waals surface area contributed by atoms with Gasteiger partial charge in [0.2, 0.25) is 0 Å². The molecule has 0 atom stereocenters. The first kappa shape index (κ1) is 13.6. The van der Waals surface area contributed by atoms with E-state index in [1.807, 2.05) is 60.7 Å². The summed E-state index contributed by atoms with van der Waals surface area (Å²) in [6, 6.07) is 19.6. The Labute approximate surface area is 134 Å². The summed E-state index contributed by atoms with van der Waals surface area (Å²) < 4.78 is 0.